The zero-order valence-electron chi connectivity index (χ0n) is 16.2. The summed E-state index contributed by atoms with van der Waals surface area (Å²) in [5.41, 5.74) is 5.97. The van der Waals surface area contributed by atoms with E-state index in [2.05, 4.69) is 13.8 Å². The van der Waals surface area contributed by atoms with E-state index in [9.17, 15) is 4.79 Å². The summed E-state index contributed by atoms with van der Waals surface area (Å²) < 4.78 is 5.72. The topological polar surface area (TPSA) is 52.3 Å². The first-order chi connectivity index (χ1) is 12.0. The first kappa shape index (κ1) is 17.8. The summed E-state index contributed by atoms with van der Waals surface area (Å²) in [5.74, 6) is 5.35. The second kappa shape index (κ2) is 6.87. The van der Waals surface area contributed by atoms with Gasteiger partial charge in [0.25, 0.3) is 0 Å². The van der Waals surface area contributed by atoms with E-state index >= 15 is 0 Å². The van der Waals surface area contributed by atoms with E-state index in [0.717, 1.165) is 55.1 Å². The van der Waals surface area contributed by atoms with Gasteiger partial charge in [0.1, 0.15) is 0 Å². The predicted molar refractivity (Wildman–Crippen MR) is 99.8 cm³/mol. The predicted octanol–water partition coefficient (Wildman–Crippen LogP) is 4.39. The summed E-state index contributed by atoms with van der Waals surface area (Å²) in [7, 11) is 0. The number of hydrogen-bond acceptors (Lipinski definition) is 2. The number of carbonyl (C=O) groups excluding carboxylic acids is 1. The fourth-order valence-electron chi connectivity index (χ4n) is 7.85. The summed E-state index contributed by atoms with van der Waals surface area (Å²) >= 11 is 0. The first-order valence-electron chi connectivity index (χ1n) is 10.9. The quantitative estimate of drug-likeness (QED) is 0.820. The number of ether oxygens (including phenoxy) is 1. The maximum Gasteiger partial charge on any atom is 0.221 e. The fraction of sp³-hybridized carbons (Fsp3) is 0.955. The van der Waals surface area contributed by atoms with Crippen molar-refractivity contribution in [3.63, 3.8) is 0 Å². The number of carbonyl (C=O) groups is 1. The lowest BCUT2D eigenvalue weighted by Gasteiger charge is -2.56. The van der Waals surface area contributed by atoms with Crippen molar-refractivity contribution in [3.8, 4) is 0 Å². The molecule has 0 spiro atoms. The van der Waals surface area contributed by atoms with Gasteiger partial charge in [-0.05, 0) is 106 Å². The molecule has 4 saturated carbocycles. The molecule has 0 aliphatic heterocycles. The molecule has 0 aromatic heterocycles. The van der Waals surface area contributed by atoms with Gasteiger partial charge in [-0.15, -0.1) is 0 Å². The van der Waals surface area contributed by atoms with E-state index in [4.69, 9.17) is 10.5 Å². The molecule has 3 nitrogen and oxygen atoms in total. The minimum absolute atomic E-state index is 0.0337. The SMILES string of the molecule is CCOCC1CCC2C(CCC3C2CCC2(C)C(C(N)=O)CCC32)C1. The van der Waals surface area contributed by atoms with Crippen molar-refractivity contribution in [1.82, 2.24) is 0 Å². The Bertz CT molecular complexity index is 506. The van der Waals surface area contributed by atoms with Gasteiger partial charge in [0, 0.05) is 19.1 Å². The van der Waals surface area contributed by atoms with Crippen LogP contribution in [0.4, 0.5) is 0 Å². The maximum absolute atomic E-state index is 12.0. The third-order valence-corrected chi connectivity index (χ3v) is 8.96. The second-order valence-corrected chi connectivity index (χ2v) is 9.85. The van der Waals surface area contributed by atoms with Gasteiger partial charge in [0.2, 0.25) is 5.91 Å². The Balaban J connectivity index is 1.45. The van der Waals surface area contributed by atoms with Crippen LogP contribution in [-0.4, -0.2) is 19.1 Å². The Morgan fingerprint density at radius 3 is 2.60 bits per heavy atom. The highest BCUT2D eigenvalue weighted by Crippen LogP contribution is 2.64. The minimum atomic E-state index is -0.0337. The van der Waals surface area contributed by atoms with Crippen LogP contribution in [0.5, 0.6) is 0 Å². The first-order valence-corrected chi connectivity index (χ1v) is 10.9. The van der Waals surface area contributed by atoms with Crippen LogP contribution in [0.2, 0.25) is 0 Å². The molecule has 2 N–H and O–H groups in total. The van der Waals surface area contributed by atoms with Gasteiger partial charge < -0.3 is 10.5 Å². The molecule has 142 valence electrons. The van der Waals surface area contributed by atoms with E-state index < -0.39 is 0 Å². The van der Waals surface area contributed by atoms with Gasteiger partial charge in [-0.3, -0.25) is 4.79 Å². The number of rotatable bonds is 4. The van der Waals surface area contributed by atoms with Gasteiger partial charge in [-0.2, -0.15) is 0 Å². The van der Waals surface area contributed by atoms with Crippen molar-refractivity contribution in [3.05, 3.63) is 0 Å². The molecule has 0 aromatic carbocycles. The lowest BCUT2D eigenvalue weighted by atomic mass is 9.49. The highest BCUT2D eigenvalue weighted by molar-refractivity contribution is 5.78. The van der Waals surface area contributed by atoms with E-state index in [0.29, 0.717) is 0 Å². The van der Waals surface area contributed by atoms with Crippen molar-refractivity contribution < 1.29 is 9.53 Å². The summed E-state index contributed by atoms with van der Waals surface area (Å²) in [6.45, 7) is 6.34. The second-order valence-electron chi connectivity index (χ2n) is 9.85. The summed E-state index contributed by atoms with van der Waals surface area (Å²) in [6.07, 6.45) is 11.9. The zero-order valence-corrected chi connectivity index (χ0v) is 16.2. The summed E-state index contributed by atoms with van der Waals surface area (Å²) in [5, 5.41) is 0. The van der Waals surface area contributed by atoms with Crippen LogP contribution in [0.1, 0.15) is 71.6 Å². The molecule has 0 bridgehead atoms. The van der Waals surface area contributed by atoms with Gasteiger partial charge in [0.15, 0.2) is 0 Å². The average molecular weight is 348 g/mol. The maximum atomic E-state index is 12.0. The van der Waals surface area contributed by atoms with Crippen LogP contribution < -0.4 is 5.73 Å². The largest absolute Gasteiger partial charge is 0.381 e. The Hall–Kier alpha value is -0.570. The molecule has 0 saturated heterocycles. The lowest BCUT2D eigenvalue weighted by Crippen LogP contribution is -2.50. The van der Waals surface area contributed by atoms with Crippen molar-refractivity contribution >= 4 is 5.91 Å². The third kappa shape index (κ3) is 2.95. The standard InChI is InChI=1S/C22H37NO2/c1-3-25-13-14-4-6-16-15(12-14)5-7-18-17(16)10-11-22(2)19(18)8-9-20(22)21(23)24/h14-20H,3-13H2,1-2H3,(H2,23,24). The molecule has 1 amide bonds. The van der Waals surface area contributed by atoms with Crippen molar-refractivity contribution in [2.75, 3.05) is 13.2 Å². The molecule has 4 rings (SSSR count). The van der Waals surface area contributed by atoms with Gasteiger partial charge in [-0.1, -0.05) is 6.92 Å². The Labute approximate surface area is 153 Å². The molecule has 0 heterocycles. The molecule has 4 aliphatic rings. The number of nitrogens with two attached hydrogens (primary N) is 1. The highest BCUT2D eigenvalue weighted by atomic mass is 16.5. The molecule has 0 aromatic rings. The van der Waals surface area contributed by atoms with E-state index in [1.165, 1.54) is 51.4 Å². The van der Waals surface area contributed by atoms with Crippen LogP contribution in [0.3, 0.4) is 0 Å². The molecule has 25 heavy (non-hydrogen) atoms. The van der Waals surface area contributed by atoms with Crippen LogP contribution in [0, 0.1) is 46.8 Å². The zero-order chi connectivity index (χ0) is 17.6. The third-order valence-electron chi connectivity index (χ3n) is 8.96. The number of primary amides is 1. The van der Waals surface area contributed by atoms with Crippen molar-refractivity contribution in [1.29, 1.82) is 0 Å². The fourth-order valence-corrected chi connectivity index (χ4v) is 7.85. The number of fused-ring (bicyclic) bond motifs is 5. The Kier molecular flexibility index (Phi) is 4.90. The van der Waals surface area contributed by atoms with Gasteiger partial charge >= 0.3 is 0 Å². The van der Waals surface area contributed by atoms with Crippen molar-refractivity contribution in [2.45, 2.75) is 71.6 Å². The number of hydrogen-bond donors (Lipinski definition) is 1. The molecule has 4 aliphatic carbocycles. The monoisotopic (exact) mass is 347 g/mol. The summed E-state index contributed by atoms with van der Waals surface area (Å²) in [6, 6.07) is 0. The Morgan fingerprint density at radius 2 is 1.84 bits per heavy atom. The highest BCUT2D eigenvalue weighted by Gasteiger charge is 2.58. The van der Waals surface area contributed by atoms with Crippen LogP contribution in [-0.2, 0) is 9.53 Å². The van der Waals surface area contributed by atoms with Crippen molar-refractivity contribution in [2.24, 2.45) is 52.6 Å². The number of amides is 1. The molecule has 8 unspecified atom stereocenters. The van der Waals surface area contributed by atoms with E-state index in [-0.39, 0.29) is 17.2 Å². The molecular weight excluding hydrogens is 310 g/mol. The lowest BCUT2D eigenvalue weighted by molar-refractivity contribution is -0.129. The van der Waals surface area contributed by atoms with Crippen LogP contribution >= 0.6 is 0 Å². The molecule has 0 radical (unpaired) electrons. The minimum Gasteiger partial charge on any atom is -0.381 e. The molecule has 8 atom stereocenters. The molecule has 3 heteroatoms. The summed E-state index contributed by atoms with van der Waals surface area (Å²) in [4.78, 5) is 12.0. The van der Waals surface area contributed by atoms with Gasteiger partial charge in [0.05, 0.1) is 0 Å². The molecular formula is C22H37NO2. The van der Waals surface area contributed by atoms with Gasteiger partial charge in [-0.25, -0.2) is 0 Å². The normalized spacial score (nSPS) is 49.1. The van der Waals surface area contributed by atoms with E-state index in [1.54, 1.807) is 0 Å². The van der Waals surface area contributed by atoms with E-state index in [1.807, 2.05) is 0 Å². The van der Waals surface area contributed by atoms with Crippen LogP contribution in [0.25, 0.3) is 0 Å². The average Bonchev–Trinajstić information content (AvgIpc) is 2.97. The smallest absolute Gasteiger partial charge is 0.221 e. The Morgan fingerprint density at radius 1 is 1.04 bits per heavy atom. The van der Waals surface area contributed by atoms with Crippen LogP contribution in [0.15, 0.2) is 0 Å². The molecule has 4 fully saturated rings.